The van der Waals surface area contributed by atoms with E-state index < -0.39 is 15.7 Å². The van der Waals surface area contributed by atoms with E-state index in [1.165, 1.54) is 18.3 Å². The topological polar surface area (TPSA) is 107 Å². The highest BCUT2D eigenvalue weighted by Gasteiger charge is 2.36. The highest BCUT2D eigenvalue weighted by atomic mass is 35.5. The molecule has 2 aliphatic rings. The smallest absolute Gasteiger partial charge is 0.279 e. The summed E-state index contributed by atoms with van der Waals surface area (Å²) in [5.74, 6) is -0.240. The van der Waals surface area contributed by atoms with Gasteiger partial charge in [0.25, 0.3) is 5.91 Å². The average Bonchev–Trinajstić information content (AvgIpc) is 3.48. The fourth-order valence-electron chi connectivity index (χ4n) is 2.95. The number of benzene rings is 1. The number of sulfone groups is 1. The molecular formula is C20H20ClN3O5S. The third kappa shape index (κ3) is 4.80. The summed E-state index contributed by atoms with van der Waals surface area (Å²) < 4.78 is 30.1. The van der Waals surface area contributed by atoms with E-state index >= 15 is 0 Å². The van der Waals surface area contributed by atoms with Gasteiger partial charge in [-0.3, -0.25) is 4.79 Å². The fourth-order valence-corrected chi connectivity index (χ4v) is 4.72. The number of nitrogens with one attached hydrogen (secondary N) is 1. The molecule has 2 heterocycles. The van der Waals surface area contributed by atoms with E-state index in [9.17, 15) is 13.2 Å². The Morgan fingerprint density at radius 2 is 1.93 bits per heavy atom. The van der Waals surface area contributed by atoms with E-state index in [0.29, 0.717) is 48.9 Å². The van der Waals surface area contributed by atoms with Crippen LogP contribution in [0.1, 0.15) is 24.8 Å². The lowest BCUT2D eigenvalue weighted by Crippen LogP contribution is -2.25. The number of hydrogen-bond acceptors (Lipinski definition) is 7. The van der Waals surface area contributed by atoms with Crippen LogP contribution in [-0.4, -0.2) is 49.6 Å². The Hall–Kier alpha value is -2.49. The first-order chi connectivity index (χ1) is 14.4. The lowest BCUT2D eigenvalue weighted by Gasteiger charge is -2.11. The number of nitrogens with zero attached hydrogens (tertiary/aromatic N) is 2. The van der Waals surface area contributed by atoms with E-state index in [4.69, 9.17) is 21.2 Å². The van der Waals surface area contributed by atoms with E-state index in [1.807, 2.05) is 0 Å². The van der Waals surface area contributed by atoms with Gasteiger partial charge in [0.1, 0.15) is 5.82 Å². The van der Waals surface area contributed by atoms with E-state index in [-0.39, 0.29) is 22.0 Å². The fraction of sp³-hybridized carbons (Fsp3) is 0.350. The van der Waals surface area contributed by atoms with Gasteiger partial charge in [-0.15, -0.1) is 0 Å². The van der Waals surface area contributed by atoms with Gasteiger partial charge in [0.05, 0.1) is 28.4 Å². The monoisotopic (exact) mass is 449 g/mol. The molecule has 30 heavy (non-hydrogen) atoms. The number of hydrogen-bond donors (Lipinski definition) is 1. The maximum absolute atomic E-state index is 12.9. The molecule has 0 spiro atoms. The number of ether oxygens (including phenoxy) is 1. The molecule has 1 aliphatic heterocycles. The Balaban J connectivity index is 1.58. The van der Waals surface area contributed by atoms with Crippen molar-refractivity contribution in [2.24, 2.45) is 5.16 Å². The van der Waals surface area contributed by atoms with Crippen LogP contribution in [0.2, 0.25) is 5.02 Å². The van der Waals surface area contributed by atoms with Crippen LogP contribution in [-0.2, 0) is 24.2 Å². The van der Waals surface area contributed by atoms with Crippen molar-refractivity contribution < 1.29 is 22.8 Å². The SMILES string of the molecule is O=C(Nc1ccc(Cl)cn1)/C(=N/O[C@@H]1CCOC1)c1ccc(S(=O)(=O)C2CC2)cc1. The minimum Gasteiger partial charge on any atom is -0.389 e. The van der Waals surface area contributed by atoms with Gasteiger partial charge in [0.15, 0.2) is 21.7 Å². The van der Waals surface area contributed by atoms with Crippen molar-refractivity contribution in [3.8, 4) is 0 Å². The zero-order chi connectivity index (χ0) is 21.1. The summed E-state index contributed by atoms with van der Waals surface area (Å²) in [7, 11) is -3.32. The Bertz CT molecular complexity index is 1040. The van der Waals surface area contributed by atoms with Crippen LogP contribution in [0, 0.1) is 0 Å². The van der Waals surface area contributed by atoms with E-state index in [2.05, 4.69) is 15.5 Å². The molecule has 2 fully saturated rings. The number of rotatable bonds is 7. The normalized spacial score (nSPS) is 19.5. The molecule has 1 amide bonds. The Labute approximate surface area is 179 Å². The van der Waals surface area contributed by atoms with Crippen LogP contribution in [0.5, 0.6) is 0 Å². The molecule has 1 aromatic heterocycles. The summed E-state index contributed by atoms with van der Waals surface area (Å²) in [4.78, 5) is 22.6. The molecule has 1 N–H and O–H groups in total. The van der Waals surface area contributed by atoms with Crippen molar-refractivity contribution in [1.82, 2.24) is 4.98 Å². The number of anilines is 1. The van der Waals surface area contributed by atoms with Gasteiger partial charge in [0.2, 0.25) is 0 Å². The number of amides is 1. The number of oxime groups is 1. The van der Waals surface area contributed by atoms with Crippen molar-refractivity contribution in [3.63, 3.8) is 0 Å². The zero-order valence-corrected chi connectivity index (χ0v) is 17.5. The molecule has 158 valence electrons. The summed E-state index contributed by atoms with van der Waals surface area (Å²) >= 11 is 5.83. The molecule has 10 heteroatoms. The molecule has 1 aromatic carbocycles. The van der Waals surface area contributed by atoms with Gasteiger partial charge in [-0.05, 0) is 37.1 Å². The Morgan fingerprint density at radius 3 is 2.53 bits per heavy atom. The molecule has 1 aliphatic carbocycles. The highest BCUT2D eigenvalue weighted by molar-refractivity contribution is 7.92. The summed E-state index contributed by atoms with van der Waals surface area (Å²) in [6, 6.07) is 9.25. The van der Waals surface area contributed by atoms with Crippen molar-refractivity contribution in [2.75, 3.05) is 18.5 Å². The summed E-state index contributed by atoms with van der Waals surface area (Å²) in [5.41, 5.74) is 0.434. The van der Waals surface area contributed by atoms with Crippen molar-refractivity contribution >= 4 is 38.9 Å². The van der Waals surface area contributed by atoms with Crippen LogP contribution in [0.4, 0.5) is 5.82 Å². The first-order valence-corrected chi connectivity index (χ1v) is 11.4. The number of pyridine rings is 1. The van der Waals surface area contributed by atoms with Gasteiger partial charge >= 0.3 is 0 Å². The molecule has 8 nitrogen and oxygen atoms in total. The minimum absolute atomic E-state index is 0.00835. The second kappa shape index (κ2) is 8.71. The van der Waals surface area contributed by atoms with Gasteiger partial charge < -0.3 is 14.9 Å². The summed E-state index contributed by atoms with van der Waals surface area (Å²) in [5, 5.41) is 6.84. The molecular weight excluding hydrogens is 430 g/mol. The maximum atomic E-state index is 12.9. The molecule has 4 rings (SSSR count). The predicted molar refractivity (Wildman–Crippen MR) is 111 cm³/mol. The molecule has 1 atom stereocenters. The summed E-state index contributed by atoms with van der Waals surface area (Å²) in [6.45, 7) is 0.972. The molecule has 0 bridgehead atoms. The number of aromatic nitrogens is 1. The first-order valence-electron chi connectivity index (χ1n) is 9.52. The molecule has 1 saturated heterocycles. The highest BCUT2D eigenvalue weighted by Crippen LogP contribution is 2.33. The van der Waals surface area contributed by atoms with Gasteiger partial charge in [-0.25, -0.2) is 13.4 Å². The zero-order valence-electron chi connectivity index (χ0n) is 16.0. The maximum Gasteiger partial charge on any atom is 0.279 e. The van der Waals surface area contributed by atoms with Crippen LogP contribution < -0.4 is 5.32 Å². The van der Waals surface area contributed by atoms with Crippen LogP contribution >= 0.6 is 11.6 Å². The van der Waals surface area contributed by atoms with E-state index in [0.717, 1.165) is 0 Å². The first kappa shape index (κ1) is 20.8. The summed E-state index contributed by atoms with van der Waals surface area (Å²) in [6.07, 6.45) is 3.22. The van der Waals surface area contributed by atoms with Crippen molar-refractivity contribution in [1.29, 1.82) is 0 Å². The van der Waals surface area contributed by atoms with Crippen molar-refractivity contribution in [3.05, 3.63) is 53.2 Å². The number of carbonyl (C=O) groups is 1. The van der Waals surface area contributed by atoms with Crippen LogP contribution in [0.15, 0.2) is 52.6 Å². The largest absolute Gasteiger partial charge is 0.389 e. The van der Waals surface area contributed by atoms with Crippen LogP contribution in [0.3, 0.4) is 0 Å². The van der Waals surface area contributed by atoms with Gasteiger partial charge in [-0.2, -0.15) is 0 Å². The quantitative estimate of drug-likeness (QED) is 0.514. The van der Waals surface area contributed by atoms with Crippen LogP contribution in [0.25, 0.3) is 0 Å². The predicted octanol–water partition coefficient (Wildman–Crippen LogP) is 2.82. The molecule has 0 radical (unpaired) electrons. The second-order valence-corrected chi connectivity index (χ2v) is 9.78. The lowest BCUT2D eigenvalue weighted by atomic mass is 10.1. The second-order valence-electron chi connectivity index (χ2n) is 7.12. The third-order valence-corrected chi connectivity index (χ3v) is 7.29. The number of carbonyl (C=O) groups excluding carboxylic acids is 1. The van der Waals surface area contributed by atoms with E-state index in [1.54, 1.807) is 24.3 Å². The lowest BCUT2D eigenvalue weighted by molar-refractivity contribution is -0.110. The molecule has 2 aromatic rings. The van der Waals surface area contributed by atoms with Gasteiger partial charge in [-0.1, -0.05) is 28.9 Å². The minimum atomic E-state index is -3.32. The van der Waals surface area contributed by atoms with Gasteiger partial charge in [0, 0.05) is 18.2 Å². The Morgan fingerprint density at radius 1 is 1.17 bits per heavy atom. The third-order valence-electron chi connectivity index (χ3n) is 4.78. The van der Waals surface area contributed by atoms with Crippen molar-refractivity contribution in [2.45, 2.75) is 35.5 Å². The standard InChI is InChI=1S/C20H20ClN3O5S/c21-14-3-8-18(22-11-14)23-20(25)19(24-29-15-9-10-28-12-15)13-1-4-16(5-2-13)30(26,27)17-6-7-17/h1-5,8,11,15,17H,6-7,9-10,12H2,(H,22,23,25)/b24-19+/t15-/m1/s1. The average molecular weight is 450 g/mol. The molecule has 0 unspecified atom stereocenters. The number of halogens is 1. The molecule has 1 saturated carbocycles. The Kier molecular flexibility index (Phi) is 6.03.